The second-order valence-electron chi connectivity index (χ2n) is 6.11. The fourth-order valence-electron chi connectivity index (χ4n) is 2.34. The molecular weight excluding hydrogens is 447 g/mol. The number of rotatable bonds is 7. The van der Waals surface area contributed by atoms with Crippen molar-refractivity contribution in [2.75, 3.05) is 26.1 Å². The highest BCUT2D eigenvalue weighted by Gasteiger charge is 2.15. The molecule has 31 heavy (non-hydrogen) atoms. The van der Waals surface area contributed by atoms with Crippen LogP contribution < -0.4 is 25.5 Å². The number of methoxy groups -OCH3 is 1. The number of carbonyl (C=O) groups is 3. The molecule has 0 fully saturated rings. The predicted octanol–water partition coefficient (Wildman–Crippen LogP) is 2.52. The lowest BCUT2D eigenvalue weighted by molar-refractivity contribution is -0.138. The van der Waals surface area contributed by atoms with Gasteiger partial charge in [0.1, 0.15) is 0 Å². The SMILES string of the molecule is CNC(=O)C(=O)N/N=C\c1cc(Cl)c(OCC(=O)Nc2cc(Cl)ccc2C)c(OC)c1. The first-order chi connectivity index (χ1) is 14.7. The van der Waals surface area contributed by atoms with Gasteiger partial charge >= 0.3 is 11.8 Å². The average molecular weight is 467 g/mol. The van der Waals surface area contributed by atoms with Crippen LogP contribution in [0, 0.1) is 6.92 Å². The summed E-state index contributed by atoms with van der Waals surface area (Å²) < 4.78 is 10.8. The maximum Gasteiger partial charge on any atom is 0.329 e. The van der Waals surface area contributed by atoms with Gasteiger partial charge in [0.05, 0.1) is 18.3 Å². The number of nitrogens with one attached hydrogen (secondary N) is 3. The summed E-state index contributed by atoms with van der Waals surface area (Å²) in [6, 6.07) is 8.18. The maximum absolute atomic E-state index is 12.3. The van der Waals surface area contributed by atoms with Gasteiger partial charge in [-0.3, -0.25) is 14.4 Å². The molecule has 0 aliphatic rings. The molecule has 0 spiro atoms. The van der Waals surface area contributed by atoms with Crippen molar-refractivity contribution in [3.8, 4) is 11.5 Å². The highest BCUT2D eigenvalue weighted by atomic mass is 35.5. The molecule has 0 aromatic heterocycles. The number of likely N-dealkylation sites (N-methyl/N-ethyl adjacent to an activating group) is 1. The fraction of sp³-hybridized carbons (Fsp3) is 0.200. The van der Waals surface area contributed by atoms with E-state index >= 15 is 0 Å². The quantitative estimate of drug-likeness (QED) is 0.329. The number of amides is 3. The Morgan fingerprint density at radius 2 is 1.87 bits per heavy atom. The van der Waals surface area contributed by atoms with Gasteiger partial charge in [-0.2, -0.15) is 5.10 Å². The molecule has 0 radical (unpaired) electrons. The van der Waals surface area contributed by atoms with Crippen molar-refractivity contribution in [2.45, 2.75) is 6.92 Å². The fourth-order valence-corrected chi connectivity index (χ4v) is 2.78. The Morgan fingerprint density at radius 3 is 2.55 bits per heavy atom. The lowest BCUT2D eigenvalue weighted by Crippen LogP contribution is -2.35. The van der Waals surface area contributed by atoms with Crippen LogP contribution >= 0.6 is 23.2 Å². The van der Waals surface area contributed by atoms with Crippen LogP contribution in [-0.2, 0) is 14.4 Å². The van der Waals surface area contributed by atoms with Crippen LogP contribution in [0.15, 0.2) is 35.4 Å². The van der Waals surface area contributed by atoms with E-state index in [1.54, 1.807) is 18.2 Å². The van der Waals surface area contributed by atoms with Gasteiger partial charge in [-0.05, 0) is 42.3 Å². The molecule has 0 aliphatic heterocycles. The Bertz CT molecular complexity index is 1030. The van der Waals surface area contributed by atoms with Gasteiger partial charge in [0.25, 0.3) is 5.91 Å². The molecule has 3 amide bonds. The number of carbonyl (C=O) groups excluding carboxylic acids is 3. The third-order valence-corrected chi connectivity index (χ3v) is 4.40. The van der Waals surface area contributed by atoms with Crippen molar-refractivity contribution in [1.29, 1.82) is 0 Å². The first kappa shape index (κ1) is 24.0. The first-order valence-corrected chi connectivity index (χ1v) is 9.62. The molecule has 164 valence electrons. The molecule has 2 aromatic rings. The van der Waals surface area contributed by atoms with Gasteiger partial charge in [0.2, 0.25) is 0 Å². The highest BCUT2D eigenvalue weighted by Crippen LogP contribution is 2.36. The van der Waals surface area contributed by atoms with Crippen LogP contribution in [0.2, 0.25) is 10.0 Å². The van der Waals surface area contributed by atoms with Crippen molar-refractivity contribution in [3.63, 3.8) is 0 Å². The van der Waals surface area contributed by atoms with E-state index in [0.29, 0.717) is 16.3 Å². The van der Waals surface area contributed by atoms with Crippen LogP contribution in [0.5, 0.6) is 11.5 Å². The topological polar surface area (TPSA) is 118 Å². The zero-order valence-corrected chi connectivity index (χ0v) is 18.4. The van der Waals surface area contributed by atoms with Crippen LogP contribution in [0.25, 0.3) is 0 Å². The summed E-state index contributed by atoms with van der Waals surface area (Å²) in [5.41, 5.74) is 3.95. The number of hydrazone groups is 1. The Morgan fingerprint density at radius 1 is 1.13 bits per heavy atom. The summed E-state index contributed by atoms with van der Waals surface area (Å²) in [5, 5.41) is 9.22. The smallest absolute Gasteiger partial charge is 0.329 e. The summed E-state index contributed by atoms with van der Waals surface area (Å²) >= 11 is 12.2. The van der Waals surface area contributed by atoms with Crippen molar-refractivity contribution >= 4 is 52.8 Å². The summed E-state index contributed by atoms with van der Waals surface area (Å²) in [6.45, 7) is 1.52. The number of hydrogen-bond donors (Lipinski definition) is 3. The standard InChI is InChI=1S/C20H20Cl2N4O5/c1-11-4-5-13(21)8-15(11)25-17(27)10-31-18-14(22)6-12(7-16(18)30-3)9-24-26-20(29)19(28)23-2/h4-9H,10H2,1-3H3,(H,23,28)(H,25,27)(H,26,29)/b24-9-. The van der Waals surface area contributed by atoms with E-state index in [0.717, 1.165) is 5.56 Å². The Labute approximate surface area is 188 Å². The second kappa shape index (κ2) is 11.2. The third kappa shape index (κ3) is 6.87. The van der Waals surface area contributed by atoms with Crippen molar-refractivity contribution < 1.29 is 23.9 Å². The van der Waals surface area contributed by atoms with E-state index in [1.807, 2.05) is 6.92 Å². The molecule has 0 unspecified atom stereocenters. The number of benzene rings is 2. The minimum absolute atomic E-state index is 0.158. The number of nitrogens with zero attached hydrogens (tertiary/aromatic N) is 1. The van der Waals surface area contributed by atoms with E-state index < -0.39 is 17.7 Å². The van der Waals surface area contributed by atoms with Crippen molar-refractivity contribution in [3.05, 3.63) is 51.5 Å². The van der Waals surface area contributed by atoms with Crippen molar-refractivity contribution in [2.24, 2.45) is 5.10 Å². The monoisotopic (exact) mass is 466 g/mol. The van der Waals surface area contributed by atoms with Crippen LogP contribution in [0.4, 0.5) is 5.69 Å². The predicted molar refractivity (Wildman–Crippen MR) is 118 cm³/mol. The summed E-state index contributed by atoms with van der Waals surface area (Å²) in [7, 11) is 2.73. The number of hydrogen-bond acceptors (Lipinski definition) is 6. The molecule has 0 aliphatic carbocycles. The molecule has 0 heterocycles. The molecule has 0 atom stereocenters. The Balaban J connectivity index is 2.06. The third-order valence-electron chi connectivity index (χ3n) is 3.89. The van der Waals surface area contributed by atoms with Gasteiger partial charge in [-0.15, -0.1) is 0 Å². The summed E-state index contributed by atoms with van der Waals surface area (Å²) in [5.74, 6) is -1.75. The molecule has 9 nitrogen and oxygen atoms in total. The summed E-state index contributed by atoms with van der Waals surface area (Å²) in [4.78, 5) is 34.8. The average Bonchev–Trinajstić information content (AvgIpc) is 2.74. The van der Waals surface area contributed by atoms with E-state index in [1.165, 1.54) is 32.5 Å². The van der Waals surface area contributed by atoms with Crippen molar-refractivity contribution in [1.82, 2.24) is 10.7 Å². The van der Waals surface area contributed by atoms with E-state index in [4.69, 9.17) is 32.7 Å². The lowest BCUT2D eigenvalue weighted by atomic mass is 10.2. The van der Waals surface area contributed by atoms with Crippen LogP contribution in [0.1, 0.15) is 11.1 Å². The molecular formula is C20H20Cl2N4O5. The molecule has 2 aromatic carbocycles. The minimum atomic E-state index is -0.919. The molecule has 3 N–H and O–H groups in total. The van der Waals surface area contributed by atoms with Crippen LogP contribution in [-0.4, -0.2) is 44.7 Å². The molecule has 2 rings (SSSR count). The normalized spacial score (nSPS) is 10.5. The molecule has 0 bridgehead atoms. The zero-order chi connectivity index (χ0) is 23.0. The van der Waals surface area contributed by atoms with Gasteiger partial charge in [0, 0.05) is 17.8 Å². The molecule has 0 saturated heterocycles. The number of anilines is 1. The first-order valence-electron chi connectivity index (χ1n) is 8.86. The van der Waals surface area contributed by atoms with Gasteiger partial charge in [-0.25, -0.2) is 5.43 Å². The van der Waals surface area contributed by atoms with E-state index in [9.17, 15) is 14.4 Å². The second-order valence-corrected chi connectivity index (χ2v) is 6.95. The molecule has 0 saturated carbocycles. The number of halogens is 2. The number of aryl methyl sites for hydroxylation is 1. The van der Waals surface area contributed by atoms with E-state index in [2.05, 4.69) is 21.2 Å². The maximum atomic E-state index is 12.3. The summed E-state index contributed by atoms with van der Waals surface area (Å²) in [6.07, 6.45) is 1.27. The van der Waals surface area contributed by atoms with E-state index in [-0.39, 0.29) is 23.1 Å². The largest absolute Gasteiger partial charge is 0.493 e. The van der Waals surface area contributed by atoms with Gasteiger partial charge < -0.3 is 20.1 Å². The van der Waals surface area contributed by atoms with Gasteiger partial charge in [0.15, 0.2) is 18.1 Å². The zero-order valence-electron chi connectivity index (χ0n) is 16.9. The number of ether oxygens (including phenoxy) is 2. The van der Waals surface area contributed by atoms with Gasteiger partial charge in [-0.1, -0.05) is 29.3 Å². The lowest BCUT2D eigenvalue weighted by Gasteiger charge is -2.14. The molecule has 11 heteroatoms. The van der Waals surface area contributed by atoms with Crippen LogP contribution in [0.3, 0.4) is 0 Å². The minimum Gasteiger partial charge on any atom is -0.493 e. The highest BCUT2D eigenvalue weighted by molar-refractivity contribution is 6.35. The Kier molecular flexibility index (Phi) is 8.65. The Hall–Kier alpha value is -3.30.